The van der Waals surface area contributed by atoms with Crippen LogP contribution in [0.2, 0.25) is 5.02 Å². The SMILES string of the molecule is C[C@@H](N[C@H](c1ccccc1)c1ccc(Cl)cc1)C(=O)Nc1ccc(S(N)(=O)=O)cc1. The summed E-state index contributed by atoms with van der Waals surface area (Å²) in [6.45, 7) is 1.76. The quantitative estimate of drug-likeness (QED) is 0.518. The number of anilines is 1. The number of carbonyl (C=O) groups is 1. The first-order chi connectivity index (χ1) is 14.2. The first-order valence-corrected chi connectivity index (χ1v) is 11.2. The summed E-state index contributed by atoms with van der Waals surface area (Å²) in [6.07, 6.45) is 0. The van der Waals surface area contributed by atoms with Crippen LogP contribution in [0, 0.1) is 0 Å². The van der Waals surface area contributed by atoms with E-state index in [9.17, 15) is 13.2 Å². The van der Waals surface area contributed by atoms with Gasteiger partial charge >= 0.3 is 0 Å². The van der Waals surface area contributed by atoms with Gasteiger partial charge in [-0.15, -0.1) is 0 Å². The van der Waals surface area contributed by atoms with Crippen LogP contribution >= 0.6 is 11.6 Å². The standard InChI is InChI=1S/C22H22ClN3O3S/c1-15(22(27)26-19-11-13-20(14-12-19)30(24,28)29)25-21(16-5-3-2-4-6-16)17-7-9-18(23)10-8-17/h2-15,21,25H,1H3,(H,26,27)(H2,24,28,29)/t15-,21-/m1/s1. The highest BCUT2D eigenvalue weighted by Gasteiger charge is 2.21. The maximum absolute atomic E-state index is 12.7. The number of benzene rings is 3. The van der Waals surface area contributed by atoms with Crippen molar-refractivity contribution in [2.24, 2.45) is 5.14 Å². The maximum Gasteiger partial charge on any atom is 0.241 e. The maximum atomic E-state index is 12.7. The Kier molecular flexibility index (Phi) is 6.89. The van der Waals surface area contributed by atoms with Crippen LogP contribution in [0.25, 0.3) is 0 Å². The van der Waals surface area contributed by atoms with Crippen molar-refractivity contribution in [2.45, 2.75) is 23.9 Å². The van der Waals surface area contributed by atoms with Gasteiger partial charge in [-0.1, -0.05) is 54.1 Å². The molecule has 0 aliphatic rings. The molecule has 0 bridgehead atoms. The third-order valence-corrected chi connectivity index (χ3v) is 5.78. The number of sulfonamides is 1. The van der Waals surface area contributed by atoms with E-state index in [1.165, 1.54) is 24.3 Å². The van der Waals surface area contributed by atoms with Crippen LogP contribution in [0.5, 0.6) is 0 Å². The predicted molar refractivity (Wildman–Crippen MR) is 119 cm³/mol. The van der Waals surface area contributed by atoms with Crippen LogP contribution in [0.3, 0.4) is 0 Å². The molecule has 0 spiro atoms. The zero-order valence-electron chi connectivity index (χ0n) is 16.2. The van der Waals surface area contributed by atoms with Crippen molar-refractivity contribution in [3.63, 3.8) is 0 Å². The second kappa shape index (κ2) is 9.40. The van der Waals surface area contributed by atoms with E-state index < -0.39 is 16.1 Å². The normalized spacial score (nSPS) is 13.4. The molecule has 0 unspecified atom stereocenters. The van der Waals surface area contributed by atoms with Crippen molar-refractivity contribution in [2.75, 3.05) is 5.32 Å². The topological polar surface area (TPSA) is 101 Å². The Morgan fingerprint density at radius 2 is 1.47 bits per heavy atom. The van der Waals surface area contributed by atoms with Crippen LogP contribution < -0.4 is 15.8 Å². The molecule has 2 atom stereocenters. The van der Waals surface area contributed by atoms with E-state index in [1.54, 1.807) is 6.92 Å². The second-order valence-electron chi connectivity index (χ2n) is 6.84. The first-order valence-electron chi connectivity index (χ1n) is 9.24. The molecule has 0 aliphatic carbocycles. The summed E-state index contributed by atoms with van der Waals surface area (Å²) in [5.74, 6) is -0.256. The van der Waals surface area contributed by atoms with Crippen molar-refractivity contribution in [3.8, 4) is 0 Å². The summed E-state index contributed by atoms with van der Waals surface area (Å²) in [4.78, 5) is 12.7. The molecular weight excluding hydrogens is 422 g/mol. The van der Waals surface area contributed by atoms with E-state index >= 15 is 0 Å². The van der Waals surface area contributed by atoms with Crippen LogP contribution in [0.15, 0.2) is 83.8 Å². The highest BCUT2D eigenvalue weighted by molar-refractivity contribution is 7.89. The molecule has 0 aromatic heterocycles. The third kappa shape index (κ3) is 5.67. The predicted octanol–water partition coefficient (Wildman–Crippen LogP) is 3.69. The molecule has 3 rings (SSSR count). The van der Waals surface area contributed by atoms with Gasteiger partial charge in [-0.05, 0) is 54.4 Å². The lowest BCUT2D eigenvalue weighted by molar-refractivity contribution is -0.117. The van der Waals surface area contributed by atoms with E-state index in [2.05, 4.69) is 10.6 Å². The number of rotatable bonds is 7. The zero-order chi connectivity index (χ0) is 21.7. The van der Waals surface area contributed by atoms with Crippen LogP contribution in [0.1, 0.15) is 24.1 Å². The van der Waals surface area contributed by atoms with Gasteiger partial charge in [0.25, 0.3) is 0 Å². The minimum atomic E-state index is -3.78. The van der Waals surface area contributed by atoms with Gasteiger partial charge in [-0.2, -0.15) is 0 Å². The molecule has 4 N–H and O–H groups in total. The Labute approximate surface area is 181 Å². The lowest BCUT2D eigenvalue weighted by Crippen LogP contribution is -2.40. The van der Waals surface area contributed by atoms with Crippen LogP contribution in [-0.2, 0) is 14.8 Å². The lowest BCUT2D eigenvalue weighted by Gasteiger charge is -2.24. The number of hydrogen-bond acceptors (Lipinski definition) is 4. The Morgan fingerprint density at radius 3 is 2.03 bits per heavy atom. The Morgan fingerprint density at radius 1 is 0.900 bits per heavy atom. The Hall–Kier alpha value is -2.71. The minimum Gasteiger partial charge on any atom is -0.325 e. The van der Waals surface area contributed by atoms with Crippen LogP contribution in [-0.4, -0.2) is 20.4 Å². The lowest BCUT2D eigenvalue weighted by atomic mass is 9.98. The molecular formula is C22H22ClN3O3S. The fourth-order valence-corrected chi connectivity index (χ4v) is 3.63. The van der Waals surface area contributed by atoms with Gasteiger partial charge in [0, 0.05) is 10.7 Å². The second-order valence-corrected chi connectivity index (χ2v) is 8.84. The van der Waals surface area contributed by atoms with Crippen molar-refractivity contribution in [3.05, 3.63) is 95.0 Å². The fraction of sp³-hybridized carbons (Fsp3) is 0.136. The molecule has 0 saturated heterocycles. The molecule has 156 valence electrons. The number of halogens is 1. The third-order valence-electron chi connectivity index (χ3n) is 4.60. The van der Waals surface area contributed by atoms with Gasteiger partial charge in [0.1, 0.15) is 0 Å². The highest BCUT2D eigenvalue weighted by atomic mass is 35.5. The number of nitrogens with one attached hydrogen (secondary N) is 2. The summed E-state index contributed by atoms with van der Waals surface area (Å²) in [5, 5.41) is 11.9. The number of hydrogen-bond donors (Lipinski definition) is 3. The van der Waals surface area contributed by atoms with Gasteiger partial charge in [0.2, 0.25) is 15.9 Å². The van der Waals surface area contributed by atoms with Gasteiger partial charge in [0.05, 0.1) is 17.0 Å². The van der Waals surface area contributed by atoms with Gasteiger partial charge in [0.15, 0.2) is 0 Å². The summed E-state index contributed by atoms with van der Waals surface area (Å²) >= 11 is 6.02. The fourth-order valence-electron chi connectivity index (χ4n) is 2.99. The van der Waals surface area contributed by atoms with Crippen molar-refractivity contribution >= 4 is 33.2 Å². The molecule has 8 heteroatoms. The highest BCUT2D eigenvalue weighted by Crippen LogP contribution is 2.24. The Bertz CT molecular complexity index is 1100. The Balaban J connectivity index is 1.75. The van der Waals surface area contributed by atoms with E-state index in [-0.39, 0.29) is 16.8 Å². The van der Waals surface area contributed by atoms with Crippen molar-refractivity contribution < 1.29 is 13.2 Å². The largest absolute Gasteiger partial charge is 0.325 e. The first kappa shape index (κ1) is 22.0. The molecule has 0 saturated carbocycles. The number of carbonyl (C=O) groups excluding carboxylic acids is 1. The van der Waals surface area contributed by atoms with Gasteiger partial charge in [-0.25, -0.2) is 13.6 Å². The van der Waals surface area contributed by atoms with Gasteiger partial charge in [-0.3, -0.25) is 10.1 Å². The van der Waals surface area contributed by atoms with E-state index in [0.717, 1.165) is 11.1 Å². The molecule has 3 aromatic rings. The smallest absolute Gasteiger partial charge is 0.241 e. The van der Waals surface area contributed by atoms with Crippen molar-refractivity contribution in [1.82, 2.24) is 5.32 Å². The summed E-state index contributed by atoms with van der Waals surface area (Å²) in [5.41, 5.74) is 2.46. The van der Waals surface area contributed by atoms with E-state index in [1.807, 2.05) is 54.6 Å². The monoisotopic (exact) mass is 443 g/mol. The number of primary sulfonamides is 1. The summed E-state index contributed by atoms with van der Waals surface area (Å²) in [7, 11) is -3.78. The van der Waals surface area contributed by atoms with E-state index in [0.29, 0.717) is 10.7 Å². The molecule has 0 aliphatic heterocycles. The number of amides is 1. The molecule has 3 aromatic carbocycles. The summed E-state index contributed by atoms with van der Waals surface area (Å²) < 4.78 is 22.7. The van der Waals surface area contributed by atoms with Crippen LogP contribution in [0.4, 0.5) is 5.69 Å². The molecule has 0 heterocycles. The molecule has 0 radical (unpaired) electrons. The minimum absolute atomic E-state index is 0.0152. The van der Waals surface area contributed by atoms with Gasteiger partial charge < -0.3 is 5.32 Å². The molecule has 30 heavy (non-hydrogen) atoms. The average Bonchev–Trinajstić information content (AvgIpc) is 2.73. The summed E-state index contributed by atoms with van der Waals surface area (Å²) in [6, 6.07) is 22.2. The molecule has 1 amide bonds. The zero-order valence-corrected chi connectivity index (χ0v) is 17.8. The number of nitrogens with two attached hydrogens (primary N) is 1. The molecule has 6 nitrogen and oxygen atoms in total. The average molecular weight is 444 g/mol. The molecule has 0 fully saturated rings. The van der Waals surface area contributed by atoms with E-state index in [4.69, 9.17) is 16.7 Å². The van der Waals surface area contributed by atoms with Crippen molar-refractivity contribution in [1.29, 1.82) is 0 Å².